The molecule has 4 rings (SSSR count). The van der Waals surface area contributed by atoms with Crippen molar-refractivity contribution in [1.29, 1.82) is 0 Å². The molecular weight excluding hydrogens is 408 g/mol. The molecule has 2 N–H and O–H groups in total. The summed E-state index contributed by atoms with van der Waals surface area (Å²) in [7, 11) is 0. The minimum absolute atomic E-state index is 0.0492. The summed E-state index contributed by atoms with van der Waals surface area (Å²) in [5, 5.41) is 12.7. The van der Waals surface area contributed by atoms with Gasteiger partial charge in [0, 0.05) is 27.8 Å². The Morgan fingerprint density at radius 1 is 1.21 bits per heavy atom. The van der Waals surface area contributed by atoms with E-state index in [9.17, 15) is 23.5 Å². The van der Waals surface area contributed by atoms with Gasteiger partial charge in [-0.3, -0.25) is 4.79 Å². The molecule has 1 aromatic heterocycles. The first kappa shape index (κ1) is 18.6. The van der Waals surface area contributed by atoms with Crippen molar-refractivity contribution in [3.63, 3.8) is 0 Å². The normalized spacial score (nSPS) is 15.8. The number of aromatic carboxylic acids is 1. The molecule has 3 aromatic rings. The summed E-state index contributed by atoms with van der Waals surface area (Å²) in [6, 6.07) is 9.51. The molecule has 0 spiro atoms. The number of carbonyl (C=O) groups excluding carboxylic acids is 1. The van der Waals surface area contributed by atoms with Crippen LogP contribution in [0.1, 0.15) is 32.5 Å². The van der Waals surface area contributed by atoms with Gasteiger partial charge in [-0.1, -0.05) is 23.7 Å². The van der Waals surface area contributed by atoms with E-state index in [0.29, 0.717) is 15.5 Å². The van der Waals surface area contributed by atoms with Crippen LogP contribution in [0, 0.1) is 11.6 Å². The van der Waals surface area contributed by atoms with Crippen molar-refractivity contribution < 1.29 is 23.5 Å². The summed E-state index contributed by atoms with van der Waals surface area (Å²) in [4.78, 5) is 24.7. The fourth-order valence-electron chi connectivity index (χ4n) is 3.39. The average molecular weight is 420 g/mol. The summed E-state index contributed by atoms with van der Waals surface area (Å²) in [5.41, 5.74) is 1.02. The third-order valence-electron chi connectivity index (χ3n) is 4.55. The van der Waals surface area contributed by atoms with Gasteiger partial charge in [0.1, 0.15) is 16.5 Å². The maximum Gasteiger partial charge on any atom is 0.346 e. The number of anilines is 1. The van der Waals surface area contributed by atoms with E-state index < -0.39 is 23.5 Å². The van der Waals surface area contributed by atoms with Crippen LogP contribution >= 0.6 is 22.9 Å². The van der Waals surface area contributed by atoms with Gasteiger partial charge in [0.2, 0.25) is 5.91 Å². The van der Waals surface area contributed by atoms with Crippen LogP contribution in [0.2, 0.25) is 5.02 Å². The first-order chi connectivity index (χ1) is 13.3. The van der Waals surface area contributed by atoms with Gasteiger partial charge in [0.05, 0.1) is 5.69 Å². The van der Waals surface area contributed by atoms with Crippen molar-refractivity contribution >= 4 is 40.5 Å². The standard InChI is InChI=1S/C20H12ClF2NO3S/c21-10-4-5-14(23)12(7-10)13-8-15(25)24-17-16(9-2-1-3-11(22)6-9)19(20(26)27)28-18(13)17/h1-7,13H,8H2,(H,24,25)(H,26,27). The van der Waals surface area contributed by atoms with Gasteiger partial charge in [-0.25, -0.2) is 13.6 Å². The molecule has 8 heteroatoms. The molecule has 0 fully saturated rings. The van der Waals surface area contributed by atoms with Crippen LogP contribution < -0.4 is 5.32 Å². The molecule has 1 atom stereocenters. The van der Waals surface area contributed by atoms with Crippen LogP contribution in [0.3, 0.4) is 0 Å². The van der Waals surface area contributed by atoms with Crippen LogP contribution in [-0.4, -0.2) is 17.0 Å². The molecule has 1 aliphatic heterocycles. The van der Waals surface area contributed by atoms with E-state index in [4.69, 9.17) is 11.6 Å². The number of carbonyl (C=O) groups is 2. The minimum atomic E-state index is -1.21. The topological polar surface area (TPSA) is 66.4 Å². The Morgan fingerprint density at radius 3 is 2.71 bits per heavy atom. The lowest BCUT2D eigenvalue weighted by molar-refractivity contribution is -0.116. The number of amides is 1. The highest BCUT2D eigenvalue weighted by Gasteiger charge is 2.35. The maximum absolute atomic E-state index is 14.5. The zero-order chi connectivity index (χ0) is 20.0. The number of hydrogen-bond donors (Lipinski definition) is 2. The molecule has 1 amide bonds. The van der Waals surface area contributed by atoms with Crippen molar-refractivity contribution in [3.05, 3.63) is 74.4 Å². The number of thiophene rings is 1. The predicted molar refractivity (Wildman–Crippen MR) is 103 cm³/mol. The van der Waals surface area contributed by atoms with Crippen molar-refractivity contribution in [2.24, 2.45) is 0 Å². The molecule has 2 aromatic carbocycles. The van der Waals surface area contributed by atoms with E-state index in [1.807, 2.05) is 0 Å². The smallest absolute Gasteiger partial charge is 0.346 e. The van der Waals surface area contributed by atoms with Crippen molar-refractivity contribution in [3.8, 4) is 11.1 Å². The molecule has 0 radical (unpaired) electrons. The molecule has 2 heterocycles. The van der Waals surface area contributed by atoms with E-state index in [2.05, 4.69) is 5.32 Å². The number of nitrogens with one attached hydrogen (secondary N) is 1. The lowest BCUT2D eigenvalue weighted by Gasteiger charge is -2.24. The second-order valence-electron chi connectivity index (χ2n) is 6.33. The van der Waals surface area contributed by atoms with Gasteiger partial charge in [0.25, 0.3) is 0 Å². The van der Waals surface area contributed by atoms with E-state index in [0.717, 1.165) is 11.3 Å². The van der Waals surface area contributed by atoms with Gasteiger partial charge in [0.15, 0.2) is 0 Å². The first-order valence-corrected chi connectivity index (χ1v) is 9.45. The molecule has 142 valence electrons. The van der Waals surface area contributed by atoms with Crippen LogP contribution in [0.5, 0.6) is 0 Å². The number of fused-ring (bicyclic) bond motifs is 1. The second kappa shape index (κ2) is 7.00. The fourth-order valence-corrected chi connectivity index (χ4v) is 4.81. The van der Waals surface area contributed by atoms with Crippen molar-refractivity contribution in [2.45, 2.75) is 12.3 Å². The Kier molecular flexibility index (Phi) is 4.64. The Morgan fingerprint density at radius 2 is 2.00 bits per heavy atom. The Bertz CT molecular complexity index is 1130. The zero-order valence-corrected chi connectivity index (χ0v) is 15.7. The van der Waals surface area contributed by atoms with E-state index in [1.165, 1.54) is 36.4 Å². The average Bonchev–Trinajstić information content (AvgIpc) is 3.02. The first-order valence-electron chi connectivity index (χ1n) is 8.26. The highest BCUT2D eigenvalue weighted by Crippen LogP contribution is 2.50. The van der Waals surface area contributed by atoms with E-state index in [1.54, 1.807) is 6.07 Å². The van der Waals surface area contributed by atoms with Crippen molar-refractivity contribution in [1.82, 2.24) is 0 Å². The third-order valence-corrected chi connectivity index (χ3v) is 6.07. The molecule has 28 heavy (non-hydrogen) atoms. The quantitative estimate of drug-likeness (QED) is 0.587. The number of carboxylic acid groups (broad SMARTS) is 1. The summed E-state index contributed by atoms with van der Waals surface area (Å²) >= 11 is 6.94. The zero-order valence-electron chi connectivity index (χ0n) is 14.1. The van der Waals surface area contributed by atoms with E-state index >= 15 is 0 Å². The third kappa shape index (κ3) is 3.16. The lowest BCUT2D eigenvalue weighted by atomic mass is 9.88. The number of halogens is 3. The SMILES string of the molecule is O=C1CC(c2cc(Cl)ccc2F)c2sc(C(=O)O)c(-c3cccc(F)c3)c2N1. The number of carboxylic acids is 1. The molecular formula is C20H12ClF2NO3S. The van der Waals surface area contributed by atoms with Crippen LogP contribution in [0.4, 0.5) is 14.5 Å². The van der Waals surface area contributed by atoms with Gasteiger partial charge in [-0.15, -0.1) is 11.3 Å². The number of rotatable bonds is 3. The van der Waals surface area contributed by atoms with Gasteiger partial charge in [-0.05, 0) is 41.5 Å². The number of hydrogen-bond acceptors (Lipinski definition) is 3. The van der Waals surface area contributed by atoms with Gasteiger partial charge < -0.3 is 10.4 Å². The number of benzene rings is 2. The Balaban J connectivity index is 1.98. The molecule has 0 bridgehead atoms. The summed E-state index contributed by atoms with van der Waals surface area (Å²) in [5.74, 6) is -3.35. The maximum atomic E-state index is 14.5. The molecule has 0 saturated carbocycles. The van der Waals surface area contributed by atoms with Crippen LogP contribution in [-0.2, 0) is 4.79 Å². The van der Waals surface area contributed by atoms with E-state index in [-0.39, 0.29) is 34.0 Å². The summed E-state index contributed by atoms with van der Waals surface area (Å²) in [6.07, 6.45) is -0.0492. The molecule has 1 unspecified atom stereocenters. The highest BCUT2D eigenvalue weighted by atomic mass is 35.5. The predicted octanol–water partition coefficient (Wildman–Crippen LogP) is 5.52. The summed E-state index contributed by atoms with van der Waals surface area (Å²) in [6.45, 7) is 0. The lowest BCUT2D eigenvalue weighted by Crippen LogP contribution is -2.23. The molecule has 4 nitrogen and oxygen atoms in total. The molecule has 1 aliphatic rings. The van der Waals surface area contributed by atoms with Gasteiger partial charge in [-0.2, -0.15) is 0 Å². The van der Waals surface area contributed by atoms with Crippen molar-refractivity contribution in [2.75, 3.05) is 5.32 Å². The Labute approximate surface area is 167 Å². The largest absolute Gasteiger partial charge is 0.477 e. The molecule has 0 aliphatic carbocycles. The van der Waals surface area contributed by atoms with Crippen LogP contribution in [0.15, 0.2) is 42.5 Å². The second-order valence-corrected chi connectivity index (χ2v) is 7.82. The fraction of sp³-hybridized carbons (Fsp3) is 0.100. The van der Waals surface area contributed by atoms with Crippen LogP contribution in [0.25, 0.3) is 11.1 Å². The van der Waals surface area contributed by atoms with Gasteiger partial charge >= 0.3 is 5.97 Å². The molecule has 0 saturated heterocycles. The monoisotopic (exact) mass is 419 g/mol. The Hall–Kier alpha value is -2.77. The summed E-state index contributed by atoms with van der Waals surface area (Å²) < 4.78 is 28.2. The minimum Gasteiger partial charge on any atom is -0.477 e. The highest BCUT2D eigenvalue weighted by molar-refractivity contribution is 7.15.